The molecule has 0 bridgehead atoms. The van der Waals surface area contributed by atoms with Crippen LogP contribution < -0.4 is 5.32 Å². The SMILES string of the molecule is Fc1cc(F)c2nccc(NCC(F)F)c2c1. The van der Waals surface area contributed by atoms with Crippen molar-refractivity contribution in [3.05, 3.63) is 36.0 Å². The molecule has 0 aliphatic carbocycles. The van der Waals surface area contributed by atoms with Gasteiger partial charge in [0.15, 0.2) is 5.82 Å². The number of fused-ring (bicyclic) bond motifs is 1. The van der Waals surface area contributed by atoms with Crippen LogP contribution >= 0.6 is 0 Å². The molecule has 6 heteroatoms. The molecule has 0 fully saturated rings. The quantitative estimate of drug-likeness (QED) is 0.839. The van der Waals surface area contributed by atoms with Gasteiger partial charge in [0.2, 0.25) is 0 Å². The molecule has 0 aliphatic rings. The number of pyridine rings is 1. The maximum atomic E-state index is 13.3. The molecule has 0 radical (unpaired) electrons. The monoisotopic (exact) mass is 244 g/mol. The molecule has 2 aromatic rings. The summed E-state index contributed by atoms with van der Waals surface area (Å²) in [6, 6.07) is 3.15. The average molecular weight is 244 g/mol. The number of rotatable bonds is 3. The second kappa shape index (κ2) is 4.57. The Hall–Kier alpha value is -1.85. The Balaban J connectivity index is 2.49. The normalized spacial score (nSPS) is 11.1. The van der Waals surface area contributed by atoms with E-state index in [2.05, 4.69) is 10.3 Å². The molecule has 1 heterocycles. The number of anilines is 1. The largest absolute Gasteiger partial charge is 0.379 e. The van der Waals surface area contributed by atoms with Gasteiger partial charge in [-0.05, 0) is 12.1 Å². The van der Waals surface area contributed by atoms with E-state index in [9.17, 15) is 17.6 Å². The van der Waals surface area contributed by atoms with Crippen LogP contribution in [-0.4, -0.2) is 18.0 Å². The Bertz CT molecular complexity index is 542. The van der Waals surface area contributed by atoms with Crippen LogP contribution in [0.3, 0.4) is 0 Å². The van der Waals surface area contributed by atoms with Crippen molar-refractivity contribution in [2.24, 2.45) is 0 Å². The van der Waals surface area contributed by atoms with Crippen molar-refractivity contribution in [2.45, 2.75) is 6.43 Å². The lowest BCUT2D eigenvalue weighted by Gasteiger charge is -2.09. The fourth-order valence-electron chi connectivity index (χ4n) is 1.52. The van der Waals surface area contributed by atoms with Gasteiger partial charge in [0.1, 0.15) is 11.3 Å². The van der Waals surface area contributed by atoms with Crippen LogP contribution in [0.2, 0.25) is 0 Å². The van der Waals surface area contributed by atoms with Crippen LogP contribution in [0.5, 0.6) is 0 Å². The molecule has 2 rings (SSSR count). The van der Waals surface area contributed by atoms with Crippen molar-refractivity contribution in [3.8, 4) is 0 Å². The fraction of sp³-hybridized carbons (Fsp3) is 0.182. The van der Waals surface area contributed by atoms with Gasteiger partial charge < -0.3 is 5.32 Å². The summed E-state index contributed by atoms with van der Waals surface area (Å²) < 4.78 is 50.5. The zero-order valence-corrected chi connectivity index (χ0v) is 8.55. The average Bonchev–Trinajstić information content (AvgIpc) is 2.26. The molecular formula is C11H8F4N2. The molecule has 1 N–H and O–H groups in total. The lowest BCUT2D eigenvalue weighted by atomic mass is 10.1. The highest BCUT2D eigenvalue weighted by atomic mass is 19.3. The summed E-state index contributed by atoms with van der Waals surface area (Å²) in [4.78, 5) is 3.74. The molecule has 0 amide bonds. The number of nitrogens with zero attached hydrogens (tertiary/aromatic N) is 1. The number of halogens is 4. The van der Waals surface area contributed by atoms with Crippen molar-refractivity contribution >= 4 is 16.6 Å². The van der Waals surface area contributed by atoms with Crippen molar-refractivity contribution in [1.82, 2.24) is 4.98 Å². The molecule has 17 heavy (non-hydrogen) atoms. The van der Waals surface area contributed by atoms with Gasteiger partial charge in [-0.1, -0.05) is 0 Å². The van der Waals surface area contributed by atoms with E-state index in [1.807, 2.05) is 0 Å². The molecule has 0 saturated heterocycles. The summed E-state index contributed by atoms with van der Waals surface area (Å²) in [5.74, 6) is -1.59. The molecule has 1 aromatic carbocycles. The molecule has 90 valence electrons. The second-order valence-corrected chi connectivity index (χ2v) is 3.41. The molecule has 1 aromatic heterocycles. The van der Waals surface area contributed by atoms with E-state index < -0.39 is 24.6 Å². The molecule has 2 nitrogen and oxygen atoms in total. The predicted octanol–water partition coefficient (Wildman–Crippen LogP) is 3.19. The van der Waals surface area contributed by atoms with E-state index in [0.29, 0.717) is 6.07 Å². The first-order chi connectivity index (χ1) is 8.08. The first-order valence-electron chi connectivity index (χ1n) is 4.83. The summed E-state index contributed by atoms with van der Waals surface area (Å²) in [6.45, 7) is -0.586. The van der Waals surface area contributed by atoms with Crippen molar-refractivity contribution in [1.29, 1.82) is 0 Å². The van der Waals surface area contributed by atoms with E-state index >= 15 is 0 Å². The zero-order valence-electron chi connectivity index (χ0n) is 8.55. The number of hydrogen-bond donors (Lipinski definition) is 1. The van der Waals surface area contributed by atoms with E-state index in [1.165, 1.54) is 12.3 Å². The summed E-state index contributed by atoms with van der Waals surface area (Å²) in [5.41, 5.74) is 0.180. The summed E-state index contributed by atoms with van der Waals surface area (Å²) in [7, 11) is 0. The smallest absolute Gasteiger partial charge is 0.255 e. The zero-order chi connectivity index (χ0) is 12.4. The molecule has 0 atom stereocenters. The van der Waals surface area contributed by atoms with Gasteiger partial charge in [0, 0.05) is 23.3 Å². The van der Waals surface area contributed by atoms with Crippen molar-refractivity contribution in [2.75, 3.05) is 11.9 Å². The molecular weight excluding hydrogens is 236 g/mol. The van der Waals surface area contributed by atoms with Crippen LogP contribution in [0.1, 0.15) is 0 Å². The number of aromatic nitrogens is 1. The van der Waals surface area contributed by atoms with E-state index in [-0.39, 0.29) is 16.6 Å². The summed E-state index contributed by atoms with van der Waals surface area (Å²) in [6.07, 6.45) is -1.27. The maximum Gasteiger partial charge on any atom is 0.255 e. The Morgan fingerprint density at radius 1 is 1.24 bits per heavy atom. The van der Waals surface area contributed by atoms with Crippen LogP contribution in [0.15, 0.2) is 24.4 Å². The van der Waals surface area contributed by atoms with Crippen LogP contribution in [0, 0.1) is 11.6 Å². The Kier molecular flexibility index (Phi) is 3.12. The molecule has 0 saturated carbocycles. The number of hydrogen-bond acceptors (Lipinski definition) is 2. The van der Waals surface area contributed by atoms with Crippen LogP contribution in [0.4, 0.5) is 23.2 Å². The number of alkyl halides is 2. The van der Waals surface area contributed by atoms with Gasteiger partial charge in [0.25, 0.3) is 6.43 Å². The minimum Gasteiger partial charge on any atom is -0.379 e. The predicted molar refractivity (Wildman–Crippen MR) is 56.2 cm³/mol. The second-order valence-electron chi connectivity index (χ2n) is 3.41. The topological polar surface area (TPSA) is 24.9 Å². The highest BCUT2D eigenvalue weighted by Crippen LogP contribution is 2.24. The third kappa shape index (κ3) is 2.46. The van der Waals surface area contributed by atoms with Gasteiger partial charge >= 0.3 is 0 Å². The molecule has 0 aliphatic heterocycles. The highest BCUT2D eigenvalue weighted by molar-refractivity contribution is 5.91. The minimum absolute atomic E-state index is 0.0503. The number of nitrogens with one attached hydrogen (secondary N) is 1. The van der Waals surface area contributed by atoms with E-state index in [4.69, 9.17) is 0 Å². The van der Waals surface area contributed by atoms with Crippen molar-refractivity contribution < 1.29 is 17.6 Å². The Labute approximate surface area is 94.3 Å². The Morgan fingerprint density at radius 2 is 2.00 bits per heavy atom. The van der Waals surface area contributed by atoms with Gasteiger partial charge in [-0.25, -0.2) is 17.6 Å². The highest BCUT2D eigenvalue weighted by Gasteiger charge is 2.10. The van der Waals surface area contributed by atoms with E-state index in [1.54, 1.807) is 0 Å². The van der Waals surface area contributed by atoms with Gasteiger partial charge in [-0.3, -0.25) is 4.98 Å². The number of benzene rings is 1. The minimum atomic E-state index is -2.54. The third-order valence-corrected chi connectivity index (χ3v) is 2.21. The molecule has 0 spiro atoms. The standard InChI is InChI=1S/C11H8F4N2/c12-6-3-7-9(17-5-10(14)15)1-2-16-11(7)8(13)4-6/h1-4,10H,5H2,(H,16,17). The van der Waals surface area contributed by atoms with E-state index in [0.717, 1.165) is 6.07 Å². The fourth-order valence-corrected chi connectivity index (χ4v) is 1.52. The van der Waals surface area contributed by atoms with Crippen LogP contribution in [0.25, 0.3) is 10.9 Å². The third-order valence-electron chi connectivity index (χ3n) is 2.21. The summed E-state index contributed by atoms with van der Waals surface area (Å²) in [5, 5.41) is 2.56. The van der Waals surface area contributed by atoms with Gasteiger partial charge in [0.05, 0.1) is 6.54 Å². The Morgan fingerprint density at radius 3 is 2.71 bits per heavy atom. The van der Waals surface area contributed by atoms with Gasteiger partial charge in [-0.15, -0.1) is 0 Å². The first-order valence-corrected chi connectivity index (χ1v) is 4.83. The lowest BCUT2D eigenvalue weighted by molar-refractivity contribution is 0.163. The van der Waals surface area contributed by atoms with Gasteiger partial charge in [-0.2, -0.15) is 0 Å². The maximum absolute atomic E-state index is 13.3. The van der Waals surface area contributed by atoms with Crippen molar-refractivity contribution in [3.63, 3.8) is 0 Å². The summed E-state index contributed by atoms with van der Waals surface area (Å²) >= 11 is 0. The van der Waals surface area contributed by atoms with Crippen LogP contribution in [-0.2, 0) is 0 Å². The first kappa shape index (κ1) is 11.6. The molecule has 0 unspecified atom stereocenters. The lowest BCUT2D eigenvalue weighted by Crippen LogP contribution is -2.10.